The minimum atomic E-state index is 0. The molecular weight excluding hydrogens is 419 g/mol. The molecule has 0 aliphatic rings. The molecule has 0 bridgehead atoms. The Kier molecular flexibility index (Phi) is 9.47. The van der Waals surface area contributed by atoms with Crippen molar-refractivity contribution in [2.75, 3.05) is 32.1 Å². The van der Waals surface area contributed by atoms with E-state index in [0.29, 0.717) is 0 Å². The zero-order chi connectivity index (χ0) is 15.8. The zero-order valence-corrected chi connectivity index (χ0v) is 17.3. The van der Waals surface area contributed by atoms with Crippen LogP contribution in [0, 0.1) is 6.92 Å². The first-order valence-corrected chi connectivity index (χ1v) is 9.15. The number of para-hydroxylation sites is 1. The second-order valence-corrected chi connectivity index (χ2v) is 6.28. The van der Waals surface area contributed by atoms with Crippen LogP contribution >= 0.6 is 35.7 Å². The number of aryl methyl sites for hydroxylation is 1. The van der Waals surface area contributed by atoms with Gasteiger partial charge in [0.25, 0.3) is 0 Å². The van der Waals surface area contributed by atoms with Crippen molar-refractivity contribution in [3.63, 3.8) is 0 Å². The molecular formula is C17H27IN4S. The van der Waals surface area contributed by atoms with Crippen molar-refractivity contribution in [2.45, 2.75) is 19.8 Å². The Hall–Kier alpha value is -0.890. The van der Waals surface area contributed by atoms with Gasteiger partial charge in [-0.1, -0.05) is 18.2 Å². The summed E-state index contributed by atoms with van der Waals surface area (Å²) in [6.07, 6.45) is 4.28. The molecule has 0 spiro atoms. The van der Waals surface area contributed by atoms with Gasteiger partial charge in [0.15, 0.2) is 5.96 Å². The van der Waals surface area contributed by atoms with E-state index in [1.165, 1.54) is 27.9 Å². The summed E-state index contributed by atoms with van der Waals surface area (Å²) in [4.78, 5) is 7.72. The minimum Gasteiger partial charge on any atom is -0.358 e. The maximum absolute atomic E-state index is 4.27. The number of hydrogen-bond acceptors (Lipinski definition) is 2. The zero-order valence-electron chi connectivity index (χ0n) is 14.1. The van der Waals surface area contributed by atoms with Gasteiger partial charge in [-0.2, -0.15) is 11.8 Å². The van der Waals surface area contributed by atoms with E-state index in [4.69, 9.17) is 0 Å². The molecule has 3 N–H and O–H groups in total. The first-order valence-electron chi connectivity index (χ1n) is 7.76. The number of aromatic amines is 1. The van der Waals surface area contributed by atoms with Gasteiger partial charge in [0.1, 0.15) is 0 Å². The number of nitrogens with zero attached hydrogens (tertiary/aromatic N) is 1. The van der Waals surface area contributed by atoms with Crippen LogP contribution in [0.2, 0.25) is 0 Å². The average Bonchev–Trinajstić information content (AvgIpc) is 2.85. The topological polar surface area (TPSA) is 52.2 Å². The van der Waals surface area contributed by atoms with Crippen LogP contribution in [0.5, 0.6) is 0 Å². The Morgan fingerprint density at radius 1 is 1.22 bits per heavy atom. The van der Waals surface area contributed by atoms with Gasteiger partial charge in [-0.15, -0.1) is 24.0 Å². The molecule has 0 radical (unpaired) electrons. The van der Waals surface area contributed by atoms with Gasteiger partial charge in [0.2, 0.25) is 0 Å². The van der Waals surface area contributed by atoms with Crippen molar-refractivity contribution >= 4 is 52.6 Å². The number of hydrogen-bond donors (Lipinski definition) is 3. The monoisotopic (exact) mass is 446 g/mol. The predicted molar refractivity (Wildman–Crippen MR) is 115 cm³/mol. The lowest BCUT2D eigenvalue weighted by Gasteiger charge is -2.11. The molecule has 2 aromatic rings. The van der Waals surface area contributed by atoms with Crippen LogP contribution < -0.4 is 10.6 Å². The van der Waals surface area contributed by atoms with Crippen LogP contribution in [0.3, 0.4) is 0 Å². The summed E-state index contributed by atoms with van der Waals surface area (Å²) in [6.45, 7) is 3.99. The molecule has 1 aromatic heterocycles. The third-order valence-electron chi connectivity index (χ3n) is 3.74. The number of halogens is 1. The summed E-state index contributed by atoms with van der Waals surface area (Å²) in [7, 11) is 1.82. The summed E-state index contributed by atoms with van der Waals surface area (Å²) < 4.78 is 0. The molecule has 0 aliphatic heterocycles. The normalized spacial score (nSPS) is 11.3. The molecule has 4 nitrogen and oxygen atoms in total. The molecule has 0 amide bonds. The number of aliphatic imine (C=N–C) groups is 1. The van der Waals surface area contributed by atoms with Crippen molar-refractivity contribution in [3.05, 3.63) is 35.5 Å². The molecule has 128 valence electrons. The lowest BCUT2D eigenvalue weighted by Crippen LogP contribution is -2.38. The van der Waals surface area contributed by atoms with E-state index in [9.17, 15) is 0 Å². The minimum absolute atomic E-state index is 0. The second kappa shape index (κ2) is 10.8. The lowest BCUT2D eigenvalue weighted by molar-refractivity contribution is 0.777. The Morgan fingerprint density at radius 2 is 1.96 bits per heavy atom. The van der Waals surface area contributed by atoms with Gasteiger partial charge in [-0.3, -0.25) is 4.99 Å². The van der Waals surface area contributed by atoms with E-state index >= 15 is 0 Å². The van der Waals surface area contributed by atoms with Crippen molar-refractivity contribution in [1.29, 1.82) is 0 Å². The molecule has 2 rings (SSSR count). The Labute approximate surface area is 160 Å². The van der Waals surface area contributed by atoms with Crippen molar-refractivity contribution in [2.24, 2.45) is 4.99 Å². The van der Waals surface area contributed by atoms with Crippen molar-refractivity contribution in [3.8, 4) is 0 Å². The van der Waals surface area contributed by atoms with Gasteiger partial charge in [0, 0.05) is 36.7 Å². The fourth-order valence-corrected chi connectivity index (χ4v) is 3.04. The highest BCUT2D eigenvalue weighted by Gasteiger charge is 2.07. The summed E-state index contributed by atoms with van der Waals surface area (Å²) in [5.74, 6) is 2.07. The Bertz CT molecular complexity index is 624. The second-order valence-electron chi connectivity index (χ2n) is 5.30. The largest absolute Gasteiger partial charge is 0.358 e. The number of fused-ring (bicyclic) bond motifs is 1. The molecule has 0 saturated heterocycles. The Balaban J connectivity index is 0.00000264. The lowest BCUT2D eigenvalue weighted by atomic mass is 10.1. The number of thioether (sulfide) groups is 1. The van der Waals surface area contributed by atoms with Crippen molar-refractivity contribution in [1.82, 2.24) is 15.6 Å². The van der Waals surface area contributed by atoms with E-state index in [-0.39, 0.29) is 24.0 Å². The highest BCUT2D eigenvalue weighted by atomic mass is 127. The number of rotatable bonds is 7. The molecule has 0 atom stereocenters. The van der Waals surface area contributed by atoms with Crippen LogP contribution in [0.15, 0.2) is 29.3 Å². The smallest absolute Gasteiger partial charge is 0.190 e. The van der Waals surface area contributed by atoms with Gasteiger partial charge >= 0.3 is 0 Å². The summed E-state index contributed by atoms with van der Waals surface area (Å²) in [5.41, 5.74) is 3.86. The van der Waals surface area contributed by atoms with Crippen LogP contribution in [0.4, 0.5) is 0 Å². The molecule has 0 aliphatic carbocycles. The average molecular weight is 446 g/mol. The van der Waals surface area contributed by atoms with E-state index < -0.39 is 0 Å². The van der Waals surface area contributed by atoms with E-state index in [2.05, 4.69) is 58.1 Å². The fraction of sp³-hybridized carbons (Fsp3) is 0.471. The number of aromatic nitrogens is 1. The van der Waals surface area contributed by atoms with E-state index in [1.54, 1.807) is 0 Å². The van der Waals surface area contributed by atoms with Gasteiger partial charge in [0.05, 0.1) is 0 Å². The summed E-state index contributed by atoms with van der Waals surface area (Å²) in [6, 6.07) is 8.48. The third kappa shape index (κ3) is 5.91. The van der Waals surface area contributed by atoms with Crippen LogP contribution in [0.1, 0.15) is 17.7 Å². The van der Waals surface area contributed by atoms with E-state index in [1.807, 2.05) is 18.8 Å². The molecule has 1 aromatic carbocycles. The molecule has 0 saturated carbocycles. The standard InChI is InChI=1S/C17H26N4S.HI/c1-13-14(15-7-4-5-8-16(15)21-13)9-11-20-17(18-2)19-10-6-12-22-3;/h4-5,7-8,21H,6,9-12H2,1-3H3,(H2,18,19,20);1H. The molecule has 1 heterocycles. The molecule has 0 fully saturated rings. The summed E-state index contributed by atoms with van der Waals surface area (Å²) in [5, 5.41) is 8.07. The molecule has 0 unspecified atom stereocenters. The highest BCUT2D eigenvalue weighted by Crippen LogP contribution is 2.21. The number of benzene rings is 1. The first kappa shape index (κ1) is 20.2. The van der Waals surface area contributed by atoms with Gasteiger partial charge < -0.3 is 15.6 Å². The maximum atomic E-state index is 4.27. The fourth-order valence-electron chi connectivity index (χ4n) is 2.61. The molecule has 6 heteroatoms. The predicted octanol–water partition coefficient (Wildman–Crippen LogP) is 3.55. The summed E-state index contributed by atoms with van der Waals surface area (Å²) >= 11 is 1.88. The van der Waals surface area contributed by atoms with Crippen LogP contribution in [-0.2, 0) is 6.42 Å². The third-order valence-corrected chi connectivity index (χ3v) is 4.43. The van der Waals surface area contributed by atoms with Crippen LogP contribution in [-0.4, -0.2) is 43.1 Å². The SMILES string of the molecule is CN=C(NCCCSC)NCCc1c(C)[nH]c2ccccc12.I. The number of nitrogens with one attached hydrogen (secondary N) is 3. The number of H-pyrrole nitrogens is 1. The van der Waals surface area contributed by atoms with Gasteiger partial charge in [-0.05, 0) is 43.4 Å². The number of guanidine groups is 1. The first-order chi connectivity index (χ1) is 10.8. The van der Waals surface area contributed by atoms with Gasteiger partial charge in [-0.25, -0.2) is 0 Å². The Morgan fingerprint density at radius 3 is 2.70 bits per heavy atom. The van der Waals surface area contributed by atoms with E-state index in [0.717, 1.165) is 31.9 Å². The highest BCUT2D eigenvalue weighted by molar-refractivity contribution is 14.0. The maximum Gasteiger partial charge on any atom is 0.190 e. The quantitative estimate of drug-likeness (QED) is 0.264. The van der Waals surface area contributed by atoms with Crippen LogP contribution in [0.25, 0.3) is 10.9 Å². The molecule has 23 heavy (non-hydrogen) atoms. The van der Waals surface area contributed by atoms with Crippen molar-refractivity contribution < 1.29 is 0 Å².